The number of unbranched alkanes of at least 4 members (excludes halogenated alkanes) is 18. The zero-order valence-corrected chi connectivity index (χ0v) is 34.2. The van der Waals surface area contributed by atoms with Crippen LogP contribution in [0.1, 0.15) is 200 Å². The molecule has 2 aromatic carbocycles. The molecule has 52 heavy (non-hydrogen) atoms. The molecule has 0 aliphatic heterocycles. The molecule has 2 atom stereocenters. The van der Waals surface area contributed by atoms with Gasteiger partial charge in [0, 0.05) is 0 Å². The van der Waals surface area contributed by atoms with E-state index in [0.29, 0.717) is 25.0 Å². The second kappa shape index (κ2) is 30.8. The molecule has 0 heterocycles. The topological polar surface area (TPSA) is 52.6 Å². The Labute approximate surface area is 320 Å². The molecule has 0 N–H and O–H groups in total. The van der Waals surface area contributed by atoms with Crippen LogP contribution in [0.4, 0.5) is 0 Å². The summed E-state index contributed by atoms with van der Waals surface area (Å²) in [6.45, 7) is 9.73. The van der Waals surface area contributed by atoms with Crippen LogP contribution in [-0.4, -0.2) is 25.2 Å². The molecule has 0 bridgehead atoms. The van der Waals surface area contributed by atoms with Gasteiger partial charge in [0.05, 0.1) is 13.2 Å². The van der Waals surface area contributed by atoms with Crippen LogP contribution in [0.5, 0.6) is 0 Å². The fourth-order valence-electron chi connectivity index (χ4n) is 7.33. The number of carbonyl (C=O) groups is 2. The van der Waals surface area contributed by atoms with E-state index in [4.69, 9.17) is 9.47 Å². The maximum absolute atomic E-state index is 13.8. The SMILES string of the molecule is CCCCCCCCCC(CCCCCC)COC(=O)C(=Cc1ccc2ccccc2c1)C(=O)OCC(CCCCCC)CCCCCCCCC. The van der Waals surface area contributed by atoms with Crippen molar-refractivity contribution < 1.29 is 19.1 Å². The third kappa shape index (κ3) is 21.2. The molecule has 2 unspecified atom stereocenters. The highest BCUT2D eigenvalue weighted by Gasteiger charge is 2.24. The highest BCUT2D eigenvalue weighted by Crippen LogP contribution is 2.24. The summed E-state index contributed by atoms with van der Waals surface area (Å²) in [7, 11) is 0. The van der Waals surface area contributed by atoms with Gasteiger partial charge in [-0.25, -0.2) is 9.59 Å². The van der Waals surface area contributed by atoms with Gasteiger partial charge in [-0.05, 0) is 66.0 Å². The van der Waals surface area contributed by atoms with Crippen molar-refractivity contribution in [3.63, 3.8) is 0 Å². The van der Waals surface area contributed by atoms with Gasteiger partial charge in [-0.3, -0.25) is 0 Å². The van der Waals surface area contributed by atoms with E-state index in [1.807, 2.05) is 30.3 Å². The molecule has 2 rings (SSSR count). The quantitative estimate of drug-likeness (QED) is 0.0242. The van der Waals surface area contributed by atoms with Crippen LogP contribution in [0.15, 0.2) is 48.0 Å². The van der Waals surface area contributed by atoms with Gasteiger partial charge in [0.15, 0.2) is 0 Å². The number of rotatable bonds is 33. The van der Waals surface area contributed by atoms with Gasteiger partial charge in [-0.15, -0.1) is 0 Å². The van der Waals surface area contributed by atoms with Crippen molar-refractivity contribution in [1.29, 1.82) is 0 Å². The van der Waals surface area contributed by atoms with Crippen LogP contribution in [0.2, 0.25) is 0 Å². The average Bonchev–Trinajstić information content (AvgIpc) is 3.16. The number of benzene rings is 2. The Morgan fingerprint density at radius 1 is 0.481 bits per heavy atom. The zero-order chi connectivity index (χ0) is 37.5. The summed E-state index contributed by atoms with van der Waals surface area (Å²) in [4.78, 5) is 27.7. The standard InChI is InChI=1S/C48H78O4/c1-5-9-13-17-19-21-25-31-41(29-23-15-11-7-3)39-51-47(49)46(38-43-35-36-44-33-27-28-34-45(44)37-43)48(50)52-40-42(30-24-16-12-8-4)32-26-22-20-18-14-10-6-2/h27-28,33-38,41-42H,5-26,29-32,39-40H2,1-4H3. The van der Waals surface area contributed by atoms with Gasteiger partial charge in [0.1, 0.15) is 5.57 Å². The Bertz CT molecular complexity index is 1160. The highest BCUT2D eigenvalue weighted by molar-refractivity contribution is 6.17. The summed E-state index contributed by atoms with van der Waals surface area (Å²) in [5.41, 5.74) is 0.817. The van der Waals surface area contributed by atoms with Crippen LogP contribution in [0, 0.1) is 11.8 Å². The third-order valence-corrected chi connectivity index (χ3v) is 10.8. The third-order valence-electron chi connectivity index (χ3n) is 10.8. The first kappa shape index (κ1) is 45.5. The van der Waals surface area contributed by atoms with Crippen LogP contribution < -0.4 is 0 Å². The molecular formula is C48H78O4. The fourth-order valence-corrected chi connectivity index (χ4v) is 7.33. The lowest BCUT2D eigenvalue weighted by molar-refractivity contribution is -0.148. The van der Waals surface area contributed by atoms with E-state index in [-0.39, 0.29) is 5.57 Å². The summed E-state index contributed by atoms with van der Waals surface area (Å²) >= 11 is 0. The normalized spacial score (nSPS) is 12.5. The maximum Gasteiger partial charge on any atom is 0.345 e. The van der Waals surface area contributed by atoms with Crippen LogP contribution in [0.25, 0.3) is 16.8 Å². The number of hydrogen-bond acceptors (Lipinski definition) is 4. The van der Waals surface area contributed by atoms with E-state index in [9.17, 15) is 9.59 Å². The lowest BCUT2D eigenvalue weighted by Crippen LogP contribution is -2.23. The Kier molecular flexibility index (Phi) is 27.0. The Hall–Kier alpha value is -2.62. The van der Waals surface area contributed by atoms with Crippen molar-refractivity contribution in [3.05, 3.63) is 53.6 Å². The average molecular weight is 719 g/mol. The Morgan fingerprint density at radius 2 is 0.846 bits per heavy atom. The highest BCUT2D eigenvalue weighted by atomic mass is 16.6. The lowest BCUT2D eigenvalue weighted by atomic mass is 9.95. The summed E-state index contributed by atoms with van der Waals surface area (Å²) in [6.07, 6.45) is 33.5. The molecule has 0 fully saturated rings. The van der Waals surface area contributed by atoms with Crippen LogP contribution >= 0.6 is 0 Å². The number of esters is 2. The van der Waals surface area contributed by atoms with E-state index in [2.05, 4.69) is 39.8 Å². The monoisotopic (exact) mass is 719 g/mol. The van der Waals surface area contributed by atoms with Crippen molar-refractivity contribution in [2.24, 2.45) is 11.8 Å². The molecule has 0 saturated heterocycles. The van der Waals surface area contributed by atoms with E-state index < -0.39 is 11.9 Å². The Balaban J connectivity index is 2.14. The predicted molar refractivity (Wildman–Crippen MR) is 224 cm³/mol. The summed E-state index contributed by atoms with van der Waals surface area (Å²) in [5.74, 6) is -0.460. The second-order valence-corrected chi connectivity index (χ2v) is 15.6. The largest absolute Gasteiger partial charge is 0.462 e. The number of carbonyl (C=O) groups excluding carboxylic acids is 2. The minimum Gasteiger partial charge on any atom is -0.462 e. The van der Waals surface area contributed by atoms with Gasteiger partial charge in [-0.1, -0.05) is 205 Å². The molecule has 2 aromatic rings. The fraction of sp³-hybridized carbons (Fsp3) is 0.708. The zero-order valence-electron chi connectivity index (χ0n) is 34.2. The maximum atomic E-state index is 13.8. The molecule has 0 amide bonds. The Morgan fingerprint density at radius 3 is 1.27 bits per heavy atom. The van der Waals surface area contributed by atoms with Crippen LogP contribution in [-0.2, 0) is 19.1 Å². The van der Waals surface area contributed by atoms with Crippen molar-refractivity contribution in [2.45, 2.75) is 195 Å². The number of hydrogen-bond donors (Lipinski definition) is 0. The first-order chi connectivity index (χ1) is 25.5. The van der Waals surface area contributed by atoms with Gasteiger partial charge in [0.25, 0.3) is 0 Å². The first-order valence-corrected chi connectivity index (χ1v) is 22.1. The number of fused-ring (bicyclic) bond motifs is 1. The molecule has 0 spiro atoms. The van der Waals surface area contributed by atoms with Crippen LogP contribution in [0.3, 0.4) is 0 Å². The minimum atomic E-state index is -0.553. The second-order valence-electron chi connectivity index (χ2n) is 15.6. The first-order valence-electron chi connectivity index (χ1n) is 22.1. The summed E-state index contributed by atoms with van der Waals surface area (Å²) < 4.78 is 12.0. The van der Waals surface area contributed by atoms with Gasteiger partial charge in [-0.2, -0.15) is 0 Å². The molecular weight excluding hydrogens is 641 g/mol. The smallest absolute Gasteiger partial charge is 0.345 e. The summed E-state index contributed by atoms with van der Waals surface area (Å²) in [6, 6.07) is 14.2. The lowest BCUT2D eigenvalue weighted by Gasteiger charge is -2.19. The molecule has 4 nitrogen and oxygen atoms in total. The van der Waals surface area contributed by atoms with Crippen molar-refractivity contribution in [1.82, 2.24) is 0 Å². The van der Waals surface area contributed by atoms with Gasteiger partial charge >= 0.3 is 11.9 Å². The van der Waals surface area contributed by atoms with Crippen molar-refractivity contribution in [2.75, 3.05) is 13.2 Å². The van der Waals surface area contributed by atoms with E-state index in [1.165, 1.54) is 128 Å². The number of ether oxygens (including phenoxy) is 2. The molecule has 0 aliphatic carbocycles. The van der Waals surface area contributed by atoms with E-state index >= 15 is 0 Å². The molecule has 4 heteroatoms. The van der Waals surface area contributed by atoms with Crippen molar-refractivity contribution >= 4 is 28.8 Å². The molecule has 0 radical (unpaired) electrons. The van der Waals surface area contributed by atoms with Gasteiger partial charge < -0.3 is 9.47 Å². The molecule has 294 valence electrons. The molecule has 0 aliphatic rings. The van der Waals surface area contributed by atoms with E-state index in [1.54, 1.807) is 6.08 Å². The summed E-state index contributed by atoms with van der Waals surface area (Å²) in [5, 5.41) is 2.19. The van der Waals surface area contributed by atoms with Crippen molar-refractivity contribution in [3.8, 4) is 0 Å². The minimum absolute atomic E-state index is 0.0107. The van der Waals surface area contributed by atoms with E-state index in [0.717, 1.165) is 54.9 Å². The van der Waals surface area contributed by atoms with Gasteiger partial charge in [0.2, 0.25) is 0 Å². The predicted octanol–water partition coefficient (Wildman–Crippen LogP) is 14.8. The molecule has 0 aromatic heterocycles. The molecule has 0 saturated carbocycles.